The molecule has 0 aliphatic heterocycles. The first-order valence-electron chi connectivity index (χ1n) is 9.44. The zero-order valence-electron chi connectivity index (χ0n) is 16.9. The molecule has 0 amide bonds. The van der Waals surface area contributed by atoms with Gasteiger partial charge in [0.1, 0.15) is 5.92 Å². The van der Waals surface area contributed by atoms with E-state index in [1.165, 1.54) is 12.1 Å². The van der Waals surface area contributed by atoms with E-state index < -0.39 is 33.1 Å². The van der Waals surface area contributed by atoms with Crippen LogP contribution >= 0.6 is 11.6 Å². The topological polar surface area (TPSA) is 113 Å². The van der Waals surface area contributed by atoms with Crippen LogP contribution in [0.2, 0.25) is 5.02 Å². The Bertz CT molecular complexity index is 894. The molecule has 0 spiro atoms. The molecule has 1 fully saturated rings. The third-order valence-corrected chi connectivity index (χ3v) is 6.28. The summed E-state index contributed by atoms with van der Waals surface area (Å²) < 4.78 is 39.9. The Morgan fingerprint density at radius 1 is 1.07 bits per heavy atom. The molecule has 1 aliphatic rings. The second kappa shape index (κ2) is 11.1. The average Bonchev–Trinajstić information content (AvgIpc) is 2.67. The van der Waals surface area contributed by atoms with Crippen molar-refractivity contribution in [2.45, 2.75) is 30.8 Å². The molecule has 0 bridgehead atoms. The fourth-order valence-electron chi connectivity index (χ4n) is 3.17. The number of carbonyl (C=O) groups is 3. The summed E-state index contributed by atoms with van der Waals surface area (Å²) in [4.78, 5) is 37.1. The molecule has 0 radical (unpaired) electrons. The van der Waals surface area contributed by atoms with Crippen LogP contribution in [0.15, 0.2) is 17.0 Å². The molecule has 1 aromatic rings. The first-order chi connectivity index (χ1) is 14.2. The van der Waals surface area contributed by atoms with Crippen molar-refractivity contribution in [2.24, 2.45) is 5.92 Å². The highest BCUT2D eigenvalue weighted by atomic mass is 35.5. The third kappa shape index (κ3) is 6.18. The van der Waals surface area contributed by atoms with Gasteiger partial charge in [0.05, 0.1) is 43.0 Å². The smallest absolute Gasteiger partial charge is 0.182 e. The van der Waals surface area contributed by atoms with Gasteiger partial charge >= 0.3 is 0 Å². The number of halogens is 1. The fraction of sp³-hybridized carbons (Fsp3) is 0.550. The van der Waals surface area contributed by atoms with Crippen LogP contribution in [-0.2, 0) is 40.2 Å². The van der Waals surface area contributed by atoms with E-state index in [1.807, 2.05) is 0 Å². The Morgan fingerprint density at radius 2 is 1.67 bits per heavy atom. The van der Waals surface area contributed by atoms with E-state index in [-0.39, 0.29) is 53.7 Å². The summed E-state index contributed by atoms with van der Waals surface area (Å²) in [5, 5.41) is -0.130. The summed E-state index contributed by atoms with van der Waals surface area (Å²) in [6.45, 7) is 1.08. The molecule has 10 heteroatoms. The molecule has 166 valence electrons. The summed E-state index contributed by atoms with van der Waals surface area (Å²) in [5.74, 6) is -2.97. The predicted octanol–water partition coefficient (Wildman–Crippen LogP) is 2.04. The lowest BCUT2D eigenvalue weighted by Gasteiger charge is -2.20. The van der Waals surface area contributed by atoms with Crippen molar-refractivity contribution in [1.29, 1.82) is 0 Å². The van der Waals surface area contributed by atoms with Gasteiger partial charge in [-0.15, -0.1) is 0 Å². The lowest BCUT2D eigenvalue weighted by atomic mass is 9.81. The molecule has 1 aliphatic carbocycles. The maximum Gasteiger partial charge on any atom is 0.182 e. The average molecular weight is 461 g/mol. The molecule has 0 heterocycles. The number of benzene rings is 1. The van der Waals surface area contributed by atoms with Gasteiger partial charge in [-0.05, 0) is 18.6 Å². The van der Waals surface area contributed by atoms with E-state index in [9.17, 15) is 22.8 Å². The SMILES string of the molecule is COCCOCCOCc1c(S(C)(=O)=O)ccc(C(=O)C2C(=O)CCCC2=O)c1Cl. The zero-order valence-corrected chi connectivity index (χ0v) is 18.5. The van der Waals surface area contributed by atoms with Crippen molar-refractivity contribution in [3.05, 3.63) is 28.3 Å². The highest BCUT2D eigenvalue weighted by Crippen LogP contribution is 2.32. The highest BCUT2D eigenvalue weighted by Gasteiger charge is 2.38. The molecule has 8 nitrogen and oxygen atoms in total. The molecule has 2 rings (SSSR count). The van der Waals surface area contributed by atoms with Crippen LogP contribution in [0.1, 0.15) is 35.2 Å². The zero-order chi connectivity index (χ0) is 22.3. The minimum Gasteiger partial charge on any atom is -0.382 e. The van der Waals surface area contributed by atoms with Crippen LogP contribution in [0.5, 0.6) is 0 Å². The second-order valence-electron chi connectivity index (χ2n) is 6.92. The molecule has 30 heavy (non-hydrogen) atoms. The number of hydrogen-bond donors (Lipinski definition) is 0. The molecule has 0 unspecified atom stereocenters. The van der Waals surface area contributed by atoms with Crippen LogP contribution in [0.25, 0.3) is 0 Å². The minimum absolute atomic E-state index is 0.0624. The summed E-state index contributed by atoms with van der Waals surface area (Å²) in [7, 11) is -2.10. The van der Waals surface area contributed by atoms with Crippen molar-refractivity contribution in [2.75, 3.05) is 39.8 Å². The van der Waals surface area contributed by atoms with Gasteiger partial charge in [-0.1, -0.05) is 11.6 Å². The van der Waals surface area contributed by atoms with Crippen molar-refractivity contribution >= 4 is 38.8 Å². The molecular weight excluding hydrogens is 436 g/mol. The van der Waals surface area contributed by atoms with E-state index in [4.69, 9.17) is 25.8 Å². The first-order valence-corrected chi connectivity index (χ1v) is 11.7. The summed E-state index contributed by atoms with van der Waals surface area (Å²) in [6, 6.07) is 2.49. The van der Waals surface area contributed by atoms with Gasteiger partial charge in [-0.2, -0.15) is 0 Å². The molecule has 1 saturated carbocycles. The number of hydrogen-bond acceptors (Lipinski definition) is 8. The number of sulfone groups is 1. The minimum atomic E-state index is -3.66. The second-order valence-corrected chi connectivity index (χ2v) is 9.28. The molecule has 0 aromatic heterocycles. The molecule has 0 atom stereocenters. The van der Waals surface area contributed by atoms with Gasteiger partial charge in [0.2, 0.25) is 0 Å². The number of methoxy groups -OCH3 is 1. The normalized spacial score (nSPS) is 15.6. The van der Waals surface area contributed by atoms with Gasteiger partial charge in [-0.3, -0.25) is 14.4 Å². The number of rotatable bonds is 11. The van der Waals surface area contributed by atoms with Gasteiger partial charge in [0, 0.05) is 37.3 Å². The number of carbonyl (C=O) groups excluding carboxylic acids is 3. The Balaban J connectivity index is 2.25. The Kier molecular flexibility index (Phi) is 9.11. The van der Waals surface area contributed by atoms with Crippen LogP contribution < -0.4 is 0 Å². The largest absolute Gasteiger partial charge is 0.382 e. The standard InChI is InChI=1S/C20H25ClO8S/c1-27-8-9-28-10-11-29-12-14-17(30(2,25)26)7-6-13(19(14)21)20(24)18-15(22)4-3-5-16(18)23/h6-7,18H,3-5,8-12H2,1-2H3. The maximum atomic E-state index is 12.9. The fourth-order valence-corrected chi connectivity index (χ4v) is 4.46. The monoisotopic (exact) mass is 460 g/mol. The summed E-state index contributed by atoms with van der Waals surface area (Å²) >= 11 is 6.38. The predicted molar refractivity (Wildman–Crippen MR) is 109 cm³/mol. The Morgan fingerprint density at radius 3 is 2.27 bits per heavy atom. The van der Waals surface area contributed by atoms with Crippen LogP contribution in [-0.4, -0.2) is 65.6 Å². The lowest BCUT2D eigenvalue weighted by molar-refractivity contribution is -0.133. The van der Waals surface area contributed by atoms with Crippen molar-refractivity contribution in [3.8, 4) is 0 Å². The van der Waals surface area contributed by atoms with E-state index in [2.05, 4.69) is 0 Å². The number of ketones is 3. The molecule has 0 N–H and O–H groups in total. The number of Topliss-reactive ketones (excluding diaryl/α,β-unsaturated/α-hetero) is 3. The van der Waals surface area contributed by atoms with Crippen LogP contribution in [0.3, 0.4) is 0 Å². The first kappa shape index (κ1) is 24.6. The Labute approximate surface area is 180 Å². The molecule has 1 aromatic carbocycles. The van der Waals surface area contributed by atoms with Crippen molar-refractivity contribution in [1.82, 2.24) is 0 Å². The lowest BCUT2D eigenvalue weighted by Crippen LogP contribution is -2.35. The maximum absolute atomic E-state index is 12.9. The highest BCUT2D eigenvalue weighted by molar-refractivity contribution is 7.90. The van der Waals surface area contributed by atoms with Crippen LogP contribution in [0, 0.1) is 5.92 Å². The van der Waals surface area contributed by atoms with Gasteiger partial charge < -0.3 is 14.2 Å². The quantitative estimate of drug-likeness (QED) is 0.280. The van der Waals surface area contributed by atoms with E-state index in [0.29, 0.717) is 19.6 Å². The van der Waals surface area contributed by atoms with E-state index in [0.717, 1.165) is 6.26 Å². The van der Waals surface area contributed by atoms with Gasteiger partial charge in [0.15, 0.2) is 27.2 Å². The van der Waals surface area contributed by atoms with Gasteiger partial charge in [0.25, 0.3) is 0 Å². The van der Waals surface area contributed by atoms with E-state index >= 15 is 0 Å². The number of ether oxygens (including phenoxy) is 3. The summed E-state index contributed by atoms with van der Waals surface area (Å²) in [5.41, 5.74) is 0.0465. The molecular formula is C20H25ClO8S. The molecule has 0 saturated heterocycles. The van der Waals surface area contributed by atoms with E-state index in [1.54, 1.807) is 7.11 Å². The van der Waals surface area contributed by atoms with Gasteiger partial charge in [-0.25, -0.2) is 8.42 Å². The third-order valence-electron chi connectivity index (χ3n) is 4.67. The van der Waals surface area contributed by atoms with Crippen LogP contribution in [0.4, 0.5) is 0 Å². The van der Waals surface area contributed by atoms with Crippen molar-refractivity contribution < 1.29 is 37.0 Å². The Hall–Kier alpha value is -1.65. The summed E-state index contributed by atoms with van der Waals surface area (Å²) in [6.07, 6.45) is 1.75. The van der Waals surface area contributed by atoms with Crippen molar-refractivity contribution in [3.63, 3.8) is 0 Å².